The van der Waals surface area contributed by atoms with Crippen LogP contribution in [0.5, 0.6) is 5.75 Å². The van der Waals surface area contributed by atoms with Crippen molar-refractivity contribution in [3.63, 3.8) is 0 Å². The molecule has 4 nitrogen and oxygen atoms in total. The zero-order valence-electron chi connectivity index (χ0n) is 13.4. The molecule has 3 rings (SSSR count). The van der Waals surface area contributed by atoms with Gasteiger partial charge in [-0.2, -0.15) is 0 Å². The lowest BCUT2D eigenvalue weighted by atomic mass is 10.1. The summed E-state index contributed by atoms with van der Waals surface area (Å²) in [7, 11) is 1.60. The Bertz CT molecular complexity index is 861. The molecular formula is C19H18O4. The number of carbonyl (C=O) groups excluding carboxylic acids is 1. The van der Waals surface area contributed by atoms with Crippen molar-refractivity contribution in [3.05, 3.63) is 64.9 Å². The van der Waals surface area contributed by atoms with Crippen molar-refractivity contribution in [2.75, 3.05) is 7.11 Å². The number of fused-ring (bicyclic) bond motifs is 1. The van der Waals surface area contributed by atoms with Crippen molar-refractivity contribution in [2.45, 2.75) is 20.5 Å². The van der Waals surface area contributed by atoms with E-state index in [9.17, 15) is 4.79 Å². The van der Waals surface area contributed by atoms with Gasteiger partial charge in [0.05, 0.1) is 7.11 Å². The van der Waals surface area contributed by atoms with Crippen LogP contribution in [-0.2, 0) is 11.3 Å². The van der Waals surface area contributed by atoms with E-state index in [-0.39, 0.29) is 12.4 Å². The van der Waals surface area contributed by atoms with Gasteiger partial charge < -0.3 is 13.9 Å². The van der Waals surface area contributed by atoms with Crippen LogP contribution in [0.4, 0.5) is 0 Å². The molecule has 1 aromatic heterocycles. The molecular weight excluding hydrogens is 292 g/mol. The van der Waals surface area contributed by atoms with Crippen LogP contribution in [0, 0.1) is 13.8 Å². The monoisotopic (exact) mass is 310 g/mol. The number of ether oxygens (including phenoxy) is 2. The Morgan fingerprint density at radius 3 is 2.70 bits per heavy atom. The van der Waals surface area contributed by atoms with Gasteiger partial charge in [-0.3, -0.25) is 0 Å². The summed E-state index contributed by atoms with van der Waals surface area (Å²) in [5.74, 6) is 0.501. The molecule has 118 valence electrons. The third kappa shape index (κ3) is 3.06. The van der Waals surface area contributed by atoms with Crippen molar-refractivity contribution in [2.24, 2.45) is 0 Å². The summed E-state index contributed by atoms with van der Waals surface area (Å²) in [6.07, 6.45) is 0. The van der Waals surface area contributed by atoms with Gasteiger partial charge in [0, 0.05) is 10.9 Å². The van der Waals surface area contributed by atoms with Crippen LogP contribution in [-0.4, -0.2) is 13.1 Å². The summed E-state index contributed by atoms with van der Waals surface area (Å²) in [5.41, 5.74) is 3.48. The fourth-order valence-electron chi connectivity index (χ4n) is 2.54. The molecule has 0 saturated heterocycles. The first-order valence-corrected chi connectivity index (χ1v) is 7.38. The van der Waals surface area contributed by atoms with E-state index in [1.165, 1.54) is 0 Å². The Labute approximate surface area is 134 Å². The smallest absolute Gasteiger partial charge is 0.374 e. The topological polar surface area (TPSA) is 48.7 Å². The van der Waals surface area contributed by atoms with Crippen molar-refractivity contribution < 1.29 is 18.7 Å². The van der Waals surface area contributed by atoms with E-state index in [4.69, 9.17) is 13.9 Å². The first-order valence-electron chi connectivity index (χ1n) is 7.38. The highest BCUT2D eigenvalue weighted by Gasteiger charge is 2.19. The zero-order chi connectivity index (χ0) is 16.4. The predicted molar refractivity (Wildman–Crippen MR) is 87.8 cm³/mol. The number of furan rings is 1. The van der Waals surface area contributed by atoms with Crippen molar-refractivity contribution in [3.8, 4) is 5.75 Å². The SMILES string of the molecule is COc1ccc2oc(C(=O)OCc3cccc(C)c3)c(C)c2c1. The van der Waals surface area contributed by atoms with E-state index in [1.54, 1.807) is 19.2 Å². The van der Waals surface area contributed by atoms with E-state index in [0.29, 0.717) is 5.58 Å². The molecule has 0 saturated carbocycles. The van der Waals surface area contributed by atoms with Gasteiger partial charge in [-0.05, 0) is 37.6 Å². The summed E-state index contributed by atoms with van der Waals surface area (Å²) in [5, 5.41) is 0.854. The Hall–Kier alpha value is -2.75. The van der Waals surface area contributed by atoms with E-state index < -0.39 is 5.97 Å². The number of carbonyl (C=O) groups is 1. The van der Waals surface area contributed by atoms with Crippen LogP contribution in [0.3, 0.4) is 0 Å². The Kier molecular flexibility index (Phi) is 4.06. The molecule has 0 atom stereocenters. The largest absolute Gasteiger partial charge is 0.497 e. The molecule has 0 fully saturated rings. The lowest BCUT2D eigenvalue weighted by Gasteiger charge is -2.04. The molecule has 0 bridgehead atoms. The Balaban J connectivity index is 1.82. The molecule has 2 aromatic carbocycles. The van der Waals surface area contributed by atoms with Crippen LogP contribution >= 0.6 is 0 Å². The number of rotatable bonds is 4. The lowest BCUT2D eigenvalue weighted by Crippen LogP contribution is -2.05. The van der Waals surface area contributed by atoms with Crippen molar-refractivity contribution in [1.82, 2.24) is 0 Å². The van der Waals surface area contributed by atoms with Crippen LogP contribution in [0.15, 0.2) is 46.9 Å². The maximum absolute atomic E-state index is 12.3. The average Bonchev–Trinajstić information content (AvgIpc) is 2.89. The fraction of sp³-hybridized carbons (Fsp3) is 0.211. The molecule has 0 aliphatic carbocycles. The second-order valence-corrected chi connectivity index (χ2v) is 5.48. The van der Waals surface area contributed by atoms with Gasteiger partial charge in [0.1, 0.15) is 17.9 Å². The van der Waals surface area contributed by atoms with E-state index in [1.807, 2.05) is 44.2 Å². The van der Waals surface area contributed by atoms with Gasteiger partial charge in [0.25, 0.3) is 0 Å². The van der Waals surface area contributed by atoms with Gasteiger partial charge in [-0.15, -0.1) is 0 Å². The van der Waals surface area contributed by atoms with Crippen LogP contribution in [0.25, 0.3) is 11.0 Å². The third-order valence-corrected chi connectivity index (χ3v) is 3.78. The lowest BCUT2D eigenvalue weighted by molar-refractivity contribution is 0.0437. The van der Waals surface area contributed by atoms with Gasteiger partial charge in [-0.1, -0.05) is 29.8 Å². The second-order valence-electron chi connectivity index (χ2n) is 5.48. The quantitative estimate of drug-likeness (QED) is 0.669. The number of esters is 1. The number of aryl methyl sites for hydroxylation is 2. The minimum absolute atomic E-state index is 0.223. The van der Waals surface area contributed by atoms with Gasteiger partial charge in [0.2, 0.25) is 5.76 Å². The number of hydrogen-bond donors (Lipinski definition) is 0. The summed E-state index contributed by atoms with van der Waals surface area (Å²) in [6, 6.07) is 13.3. The molecule has 23 heavy (non-hydrogen) atoms. The first kappa shape index (κ1) is 15.2. The molecule has 0 unspecified atom stereocenters. The molecule has 0 spiro atoms. The fourth-order valence-corrected chi connectivity index (χ4v) is 2.54. The van der Waals surface area contributed by atoms with E-state index in [0.717, 1.165) is 27.8 Å². The Morgan fingerprint density at radius 1 is 1.13 bits per heavy atom. The summed E-state index contributed by atoms with van der Waals surface area (Å²) < 4.78 is 16.2. The highest BCUT2D eigenvalue weighted by molar-refractivity contribution is 5.96. The molecule has 1 heterocycles. The Morgan fingerprint density at radius 2 is 1.96 bits per heavy atom. The molecule has 0 aliphatic heterocycles. The van der Waals surface area contributed by atoms with Gasteiger partial charge in [0.15, 0.2) is 0 Å². The molecule has 0 aliphatic rings. The number of hydrogen-bond acceptors (Lipinski definition) is 4. The first-order chi connectivity index (χ1) is 11.1. The van der Waals surface area contributed by atoms with Crippen molar-refractivity contribution >= 4 is 16.9 Å². The standard InChI is InChI=1S/C19H18O4/c1-12-5-4-6-14(9-12)11-22-19(20)18-13(2)16-10-15(21-3)7-8-17(16)23-18/h4-10H,11H2,1-3H3. The minimum Gasteiger partial charge on any atom is -0.497 e. The molecule has 4 heteroatoms. The van der Waals surface area contributed by atoms with Crippen LogP contribution < -0.4 is 4.74 Å². The van der Waals surface area contributed by atoms with Crippen LogP contribution in [0.1, 0.15) is 27.2 Å². The summed E-state index contributed by atoms with van der Waals surface area (Å²) in [6.45, 7) is 4.07. The van der Waals surface area contributed by atoms with Crippen LogP contribution in [0.2, 0.25) is 0 Å². The highest BCUT2D eigenvalue weighted by atomic mass is 16.5. The predicted octanol–water partition coefficient (Wildman–Crippen LogP) is 4.42. The maximum Gasteiger partial charge on any atom is 0.374 e. The zero-order valence-corrected chi connectivity index (χ0v) is 13.4. The average molecular weight is 310 g/mol. The minimum atomic E-state index is -0.459. The molecule has 0 N–H and O–H groups in total. The summed E-state index contributed by atoms with van der Waals surface area (Å²) >= 11 is 0. The maximum atomic E-state index is 12.3. The molecule has 0 amide bonds. The second kappa shape index (κ2) is 6.16. The number of methoxy groups -OCH3 is 1. The summed E-state index contributed by atoms with van der Waals surface area (Å²) in [4.78, 5) is 12.3. The third-order valence-electron chi connectivity index (χ3n) is 3.78. The van der Waals surface area contributed by atoms with Crippen molar-refractivity contribution in [1.29, 1.82) is 0 Å². The normalized spacial score (nSPS) is 10.7. The van der Waals surface area contributed by atoms with E-state index >= 15 is 0 Å². The molecule has 0 radical (unpaired) electrons. The number of benzene rings is 2. The van der Waals surface area contributed by atoms with E-state index in [2.05, 4.69) is 0 Å². The van der Waals surface area contributed by atoms with Gasteiger partial charge >= 0.3 is 5.97 Å². The molecule has 3 aromatic rings. The highest BCUT2D eigenvalue weighted by Crippen LogP contribution is 2.29. The van der Waals surface area contributed by atoms with Gasteiger partial charge in [-0.25, -0.2) is 4.79 Å².